The van der Waals surface area contributed by atoms with Gasteiger partial charge in [-0.2, -0.15) is 0 Å². The lowest BCUT2D eigenvalue weighted by molar-refractivity contribution is -0.142. The number of ether oxygens (including phenoxy) is 1. The van der Waals surface area contributed by atoms with E-state index in [1.807, 2.05) is 60.7 Å². The number of fused-ring (bicyclic) bond motifs is 1. The molecule has 0 spiro atoms. The Bertz CT molecular complexity index is 1320. The lowest BCUT2D eigenvalue weighted by Gasteiger charge is -2.21. The molecule has 0 saturated carbocycles. The summed E-state index contributed by atoms with van der Waals surface area (Å²) in [5, 5.41) is 15.8. The quantitative estimate of drug-likeness (QED) is 0.272. The average molecular weight is 486 g/mol. The Labute approximate surface area is 208 Å². The van der Waals surface area contributed by atoms with Crippen LogP contribution in [-0.2, 0) is 33.8 Å². The molecule has 8 heteroatoms. The van der Waals surface area contributed by atoms with E-state index in [0.717, 1.165) is 27.6 Å². The van der Waals surface area contributed by atoms with Crippen molar-refractivity contribution in [1.82, 2.24) is 15.6 Å². The maximum atomic E-state index is 13.3. The summed E-state index contributed by atoms with van der Waals surface area (Å²) in [5.41, 5.74) is 3.28. The van der Waals surface area contributed by atoms with E-state index in [1.54, 1.807) is 30.5 Å². The van der Waals surface area contributed by atoms with Gasteiger partial charge < -0.3 is 25.5 Å². The largest absolute Gasteiger partial charge is 0.480 e. The van der Waals surface area contributed by atoms with Gasteiger partial charge in [-0.05, 0) is 22.8 Å². The number of rotatable bonds is 10. The second kappa shape index (κ2) is 11.7. The number of carboxylic acid groups (broad SMARTS) is 1. The van der Waals surface area contributed by atoms with Gasteiger partial charge in [0.15, 0.2) is 0 Å². The van der Waals surface area contributed by atoms with Gasteiger partial charge in [0.05, 0.1) is 0 Å². The molecule has 0 bridgehead atoms. The van der Waals surface area contributed by atoms with Crippen LogP contribution in [-0.4, -0.2) is 40.1 Å². The molecule has 4 rings (SSSR count). The fourth-order valence-corrected chi connectivity index (χ4v) is 3.96. The van der Waals surface area contributed by atoms with E-state index in [9.17, 15) is 19.5 Å². The van der Waals surface area contributed by atoms with Gasteiger partial charge in [-0.3, -0.25) is 4.79 Å². The number of aromatic nitrogens is 1. The topological polar surface area (TPSA) is 121 Å². The molecule has 3 aromatic carbocycles. The molecule has 2 amide bonds. The number of carbonyl (C=O) groups excluding carboxylic acids is 2. The van der Waals surface area contributed by atoms with Gasteiger partial charge in [-0.15, -0.1) is 0 Å². The van der Waals surface area contributed by atoms with Crippen LogP contribution < -0.4 is 10.6 Å². The van der Waals surface area contributed by atoms with E-state index >= 15 is 0 Å². The number of carboxylic acids is 1. The first-order valence-electron chi connectivity index (χ1n) is 11.6. The van der Waals surface area contributed by atoms with E-state index in [1.165, 1.54) is 0 Å². The highest BCUT2D eigenvalue weighted by Gasteiger charge is 2.28. The van der Waals surface area contributed by atoms with Gasteiger partial charge in [0.1, 0.15) is 18.7 Å². The number of para-hydroxylation sites is 1. The zero-order chi connectivity index (χ0) is 25.3. The molecule has 0 fully saturated rings. The molecule has 2 unspecified atom stereocenters. The van der Waals surface area contributed by atoms with Gasteiger partial charge in [-0.1, -0.05) is 78.9 Å². The molecule has 8 nitrogen and oxygen atoms in total. The third-order valence-electron chi connectivity index (χ3n) is 5.82. The fourth-order valence-electron chi connectivity index (χ4n) is 3.96. The summed E-state index contributed by atoms with van der Waals surface area (Å²) in [6, 6.07) is 23.6. The molecule has 4 N–H and O–H groups in total. The van der Waals surface area contributed by atoms with Crippen LogP contribution in [0.5, 0.6) is 0 Å². The highest BCUT2D eigenvalue weighted by atomic mass is 16.5. The van der Waals surface area contributed by atoms with Gasteiger partial charge in [0, 0.05) is 29.9 Å². The maximum absolute atomic E-state index is 13.3. The summed E-state index contributed by atoms with van der Waals surface area (Å²) in [7, 11) is 0. The molecule has 0 aliphatic rings. The second-order valence-corrected chi connectivity index (χ2v) is 8.41. The zero-order valence-corrected chi connectivity index (χ0v) is 19.5. The Morgan fingerprint density at radius 3 is 2.11 bits per heavy atom. The van der Waals surface area contributed by atoms with Gasteiger partial charge in [0.25, 0.3) is 0 Å². The number of nitrogens with one attached hydrogen (secondary N) is 3. The molecule has 4 aromatic rings. The number of aliphatic carboxylic acids is 1. The van der Waals surface area contributed by atoms with Crippen LogP contribution in [0.15, 0.2) is 91.1 Å². The van der Waals surface area contributed by atoms with E-state index in [4.69, 9.17) is 4.74 Å². The molecular formula is C28H27N3O5. The standard InChI is InChI=1S/C28H27N3O5/c32-26(30-25(27(33)34)15-19-9-3-1-4-10-19)24(16-21-17-29-23-14-8-7-13-22(21)23)31-28(35)36-18-20-11-5-2-6-12-20/h1-14,17,24-25,29H,15-16,18H2,(H,30,32)(H,31,35)(H,33,34). The number of alkyl carbamates (subject to hydrolysis) is 1. The number of amides is 2. The van der Waals surface area contributed by atoms with Crippen LogP contribution in [0, 0.1) is 0 Å². The van der Waals surface area contributed by atoms with Crippen molar-refractivity contribution in [2.45, 2.75) is 31.5 Å². The monoisotopic (exact) mass is 485 g/mol. The number of benzene rings is 3. The van der Waals surface area contributed by atoms with Crippen molar-refractivity contribution in [2.24, 2.45) is 0 Å². The van der Waals surface area contributed by atoms with Crippen LogP contribution >= 0.6 is 0 Å². The highest BCUT2D eigenvalue weighted by molar-refractivity contribution is 5.91. The van der Waals surface area contributed by atoms with Crippen molar-refractivity contribution in [3.8, 4) is 0 Å². The van der Waals surface area contributed by atoms with Crippen LogP contribution in [0.1, 0.15) is 16.7 Å². The minimum Gasteiger partial charge on any atom is -0.480 e. The average Bonchev–Trinajstić information content (AvgIpc) is 3.30. The summed E-state index contributed by atoms with van der Waals surface area (Å²) >= 11 is 0. The second-order valence-electron chi connectivity index (χ2n) is 8.41. The minimum absolute atomic E-state index is 0.0415. The van der Waals surface area contributed by atoms with Crippen LogP contribution in [0.25, 0.3) is 10.9 Å². The summed E-state index contributed by atoms with van der Waals surface area (Å²) in [6.45, 7) is 0.0415. The normalized spacial score (nSPS) is 12.4. The molecule has 0 aliphatic carbocycles. The fraction of sp³-hybridized carbons (Fsp3) is 0.179. The van der Waals surface area contributed by atoms with E-state index in [0.29, 0.717) is 0 Å². The lowest BCUT2D eigenvalue weighted by Crippen LogP contribution is -2.53. The predicted molar refractivity (Wildman–Crippen MR) is 135 cm³/mol. The molecule has 0 saturated heterocycles. The van der Waals surface area contributed by atoms with Gasteiger partial charge >= 0.3 is 12.1 Å². The molecule has 2 atom stereocenters. The Kier molecular flexibility index (Phi) is 7.97. The first-order chi connectivity index (χ1) is 17.5. The maximum Gasteiger partial charge on any atom is 0.408 e. The molecule has 0 radical (unpaired) electrons. The first-order valence-corrected chi connectivity index (χ1v) is 11.6. The van der Waals surface area contributed by atoms with Crippen molar-refractivity contribution in [3.63, 3.8) is 0 Å². The number of H-pyrrole nitrogens is 1. The zero-order valence-electron chi connectivity index (χ0n) is 19.5. The molecular weight excluding hydrogens is 458 g/mol. The molecule has 184 valence electrons. The lowest BCUT2D eigenvalue weighted by atomic mass is 10.0. The van der Waals surface area contributed by atoms with Crippen LogP contribution in [0.2, 0.25) is 0 Å². The summed E-state index contributed by atoms with van der Waals surface area (Å²) in [6.07, 6.45) is 1.27. The summed E-state index contributed by atoms with van der Waals surface area (Å²) < 4.78 is 5.31. The smallest absolute Gasteiger partial charge is 0.408 e. The number of hydrogen-bond donors (Lipinski definition) is 4. The Hall–Kier alpha value is -4.59. The minimum atomic E-state index is -1.16. The SMILES string of the molecule is O=C(NC(Cc1c[nH]c2ccccc12)C(=O)NC(Cc1ccccc1)C(=O)O)OCc1ccccc1. The number of aromatic amines is 1. The Balaban J connectivity index is 1.50. The first kappa shape index (κ1) is 24.5. The van der Waals surface area contributed by atoms with Gasteiger partial charge in [0.2, 0.25) is 5.91 Å². The van der Waals surface area contributed by atoms with Crippen molar-refractivity contribution >= 4 is 28.9 Å². The summed E-state index contributed by atoms with van der Waals surface area (Å²) in [5.74, 6) is -1.77. The third kappa shape index (κ3) is 6.50. The van der Waals surface area contributed by atoms with Crippen LogP contribution in [0.3, 0.4) is 0 Å². The van der Waals surface area contributed by atoms with E-state index in [2.05, 4.69) is 15.6 Å². The van der Waals surface area contributed by atoms with Crippen LogP contribution in [0.4, 0.5) is 4.79 Å². The van der Waals surface area contributed by atoms with Crippen molar-refractivity contribution in [3.05, 3.63) is 108 Å². The molecule has 0 aliphatic heterocycles. The van der Waals surface area contributed by atoms with Gasteiger partial charge in [-0.25, -0.2) is 9.59 Å². The van der Waals surface area contributed by atoms with E-state index < -0.39 is 30.1 Å². The molecule has 1 heterocycles. The highest BCUT2D eigenvalue weighted by Crippen LogP contribution is 2.19. The number of hydrogen-bond acceptors (Lipinski definition) is 4. The Morgan fingerprint density at radius 1 is 0.778 bits per heavy atom. The Morgan fingerprint density at radius 2 is 1.42 bits per heavy atom. The third-order valence-corrected chi connectivity index (χ3v) is 5.82. The molecule has 36 heavy (non-hydrogen) atoms. The van der Waals surface area contributed by atoms with Crippen molar-refractivity contribution in [1.29, 1.82) is 0 Å². The summed E-state index contributed by atoms with van der Waals surface area (Å²) in [4.78, 5) is 40.9. The number of carbonyl (C=O) groups is 3. The van der Waals surface area contributed by atoms with E-state index in [-0.39, 0.29) is 19.4 Å². The molecule has 1 aromatic heterocycles. The van der Waals surface area contributed by atoms with Crippen molar-refractivity contribution < 1.29 is 24.2 Å². The predicted octanol–water partition coefficient (Wildman–Crippen LogP) is 3.82. The van der Waals surface area contributed by atoms with Crippen molar-refractivity contribution in [2.75, 3.05) is 0 Å².